The summed E-state index contributed by atoms with van der Waals surface area (Å²) in [6, 6.07) is 14.2. The highest BCUT2D eigenvalue weighted by Crippen LogP contribution is 2.31. The minimum Gasteiger partial charge on any atom is -0.492 e. The van der Waals surface area contributed by atoms with E-state index in [1.165, 1.54) is 5.56 Å². The highest BCUT2D eigenvalue weighted by Gasteiger charge is 2.30. The fourth-order valence-corrected chi connectivity index (χ4v) is 3.05. The summed E-state index contributed by atoms with van der Waals surface area (Å²) in [7, 11) is 0. The van der Waals surface area contributed by atoms with Crippen molar-refractivity contribution in [1.82, 2.24) is 10.8 Å². The molecule has 3 rings (SSSR count). The molecule has 1 aliphatic rings. The van der Waals surface area contributed by atoms with Crippen LogP contribution in [0.3, 0.4) is 0 Å². The quantitative estimate of drug-likeness (QED) is 0.436. The van der Waals surface area contributed by atoms with Crippen LogP contribution in [0.15, 0.2) is 48.5 Å². The molecular weight excluding hydrogens is 334 g/mol. The lowest BCUT2D eigenvalue weighted by Gasteiger charge is -2.23. The van der Waals surface area contributed by atoms with Gasteiger partial charge in [0.2, 0.25) is 0 Å². The molecule has 2 aromatic rings. The number of anilines is 1. The molecule has 3 N–H and O–H groups in total. The van der Waals surface area contributed by atoms with Gasteiger partial charge in [0.05, 0.1) is 6.54 Å². The lowest BCUT2D eigenvalue weighted by Crippen LogP contribution is -2.44. The van der Waals surface area contributed by atoms with Crippen LogP contribution in [0.4, 0.5) is 10.5 Å². The van der Waals surface area contributed by atoms with Crippen LogP contribution in [-0.4, -0.2) is 36.3 Å². The SMILES string of the molecule is CC1Cc2ccccc2N1C(=O)NCCOc1ccc(C(=O)NO)cc1. The number of hydrogen-bond donors (Lipinski definition) is 3. The number of hydrogen-bond acceptors (Lipinski definition) is 4. The number of benzene rings is 2. The van der Waals surface area contributed by atoms with Gasteiger partial charge in [0, 0.05) is 17.3 Å². The van der Waals surface area contributed by atoms with Gasteiger partial charge in [0.15, 0.2) is 0 Å². The predicted octanol–water partition coefficient (Wildman–Crippen LogP) is 2.35. The molecule has 26 heavy (non-hydrogen) atoms. The monoisotopic (exact) mass is 355 g/mol. The molecule has 0 aliphatic carbocycles. The van der Waals surface area contributed by atoms with Gasteiger partial charge in [0.1, 0.15) is 12.4 Å². The van der Waals surface area contributed by atoms with E-state index in [9.17, 15) is 9.59 Å². The molecule has 3 amide bonds. The number of carbonyl (C=O) groups excluding carboxylic acids is 2. The number of rotatable bonds is 5. The fraction of sp³-hybridized carbons (Fsp3) is 0.263. The molecule has 136 valence electrons. The summed E-state index contributed by atoms with van der Waals surface area (Å²) >= 11 is 0. The Morgan fingerprint density at radius 2 is 1.92 bits per heavy atom. The number of nitrogens with one attached hydrogen (secondary N) is 2. The van der Waals surface area contributed by atoms with Gasteiger partial charge in [0.25, 0.3) is 5.91 Å². The smallest absolute Gasteiger partial charge is 0.322 e. The Hall–Kier alpha value is -3.06. The first kappa shape index (κ1) is 17.8. The second-order valence-electron chi connectivity index (χ2n) is 6.10. The van der Waals surface area contributed by atoms with Gasteiger partial charge in [-0.25, -0.2) is 10.3 Å². The summed E-state index contributed by atoms with van der Waals surface area (Å²) in [6.07, 6.45) is 0.855. The van der Waals surface area contributed by atoms with Gasteiger partial charge in [-0.05, 0) is 49.2 Å². The lowest BCUT2D eigenvalue weighted by atomic mass is 10.1. The van der Waals surface area contributed by atoms with Crippen molar-refractivity contribution in [3.63, 3.8) is 0 Å². The summed E-state index contributed by atoms with van der Waals surface area (Å²) in [6.45, 7) is 2.70. The van der Waals surface area contributed by atoms with E-state index in [0.717, 1.165) is 12.1 Å². The van der Waals surface area contributed by atoms with E-state index < -0.39 is 5.91 Å². The number of fused-ring (bicyclic) bond motifs is 1. The van der Waals surface area contributed by atoms with Crippen LogP contribution >= 0.6 is 0 Å². The van der Waals surface area contributed by atoms with Gasteiger partial charge in [-0.3, -0.25) is 14.9 Å². The largest absolute Gasteiger partial charge is 0.492 e. The van der Waals surface area contributed by atoms with Crippen molar-refractivity contribution in [2.75, 3.05) is 18.1 Å². The van der Waals surface area contributed by atoms with Crippen LogP contribution < -0.4 is 20.4 Å². The molecule has 0 aromatic heterocycles. The first-order valence-corrected chi connectivity index (χ1v) is 8.42. The third kappa shape index (κ3) is 3.78. The molecule has 0 saturated carbocycles. The Labute approximate surface area is 151 Å². The normalized spacial score (nSPS) is 15.3. The van der Waals surface area contributed by atoms with Crippen LogP contribution in [0.5, 0.6) is 5.75 Å². The number of hydroxylamine groups is 1. The van der Waals surface area contributed by atoms with Crippen LogP contribution in [0.25, 0.3) is 0 Å². The van der Waals surface area contributed by atoms with Crippen molar-refractivity contribution in [2.45, 2.75) is 19.4 Å². The summed E-state index contributed by atoms with van der Waals surface area (Å²) in [5.41, 5.74) is 4.03. The molecule has 7 heteroatoms. The molecule has 1 unspecified atom stereocenters. The first-order valence-electron chi connectivity index (χ1n) is 8.42. The average Bonchev–Trinajstić information content (AvgIpc) is 3.00. The Balaban J connectivity index is 1.48. The van der Waals surface area contributed by atoms with E-state index in [4.69, 9.17) is 9.94 Å². The molecular formula is C19H21N3O4. The molecule has 1 atom stereocenters. The number of para-hydroxylation sites is 1. The minimum atomic E-state index is -0.580. The van der Waals surface area contributed by atoms with E-state index in [1.54, 1.807) is 34.6 Å². The second kappa shape index (κ2) is 7.88. The molecule has 0 saturated heterocycles. The van der Waals surface area contributed by atoms with Crippen molar-refractivity contribution >= 4 is 17.6 Å². The lowest BCUT2D eigenvalue weighted by molar-refractivity contribution is 0.0706. The van der Waals surface area contributed by atoms with Crippen molar-refractivity contribution in [1.29, 1.82) is 0 Å². The molecule has 2 aromatic carbocycles. The van der Waals surface area contributed by atoms with Crippen LogP contribution in [0.2, 0.25) is 0 Å². The standard InChI is InChI=1S/C19H21N3O4/c1-13-12-15-4-2-3-5-17(15)22(13)19(24)20-10-11-26-16-8-6-14(7-9-16)18(23)21-25/h2-9,13,25H,10-12H2,1H3,(H,20,24)(H,21,23). The van der Waals surface area contributed by atoms with E-state index in [2.05, 4.69) is 5.32 Å². The van der Waals surface area contributed by atoms with Gasteiger partial charge >= 0.3 is 6.03 Å². The van der Waals surface area contributed by atoms with E-state index in [1.807, 2.05) is 31.2 Å². The number of nitrogens with zero attached hydrogens (tertiary/aromatic N) is 1. The van der Waals surface area contributed by atoms with Crippen molar-refractivity contribution < 1.29 is 19.5 Å². The topological polar surface area (TPSA) is 90.9 Å². The minimum absolute atomic E-state index is 0.124. The van der Waals surface area contributed by atoms with E-state index in [-0.39, 0.29) is 12.1 Å². The summed E-state index contributed by atoms with van der Waals surface area (Å²) < 4.78 is 5.56. The van der Waals surface area contributed by atoms with Crippen LogP contribution in [0, 0.1) is 0 Å². The molecule has 0 radical (unpaired) electrons. The summed E-state index contributed by atoms with van der Waals surface area (Å²) in [5, 5.41) is 11.4. The first-order chi connectivity index (χ1) is 12.6. The van der Waals surface area contributed by atoms with E-state index >= 15 is 0 Å². The third-order valence-corrected chi connectivity index (χ3v) is 4.29. The molecule has 7 nitrogen and oxygen atoms in total. The van der Waals surface area contributed by atoms with Gasteiger partial charge in [-0.1, -0.05) is 18.2 Å². The number of urea groups is 1. The molecule has 0 fully saturated rings. The molecule has 0 spiro atoms. The predicted molar refractivity (Wildman–Crippen MR) is 96.7 cm³/mol. The van der Waals surface area contributed by atoms with Crippen LogP contribution in [-0.2, 0) is 6.42 Å². The Bertz CT molecular complexity index is 792. The Morgan fingerprint density at radius 3 is 2.65 bits per heavy atom. The summed E-state index contributed by atoms with van der Waals surface area (Å²) in [5.74, 6) is -0.00236. The molecule has 1 aliphatic heterocycles. The highest BCUT2D eigenvalue weighted by atomic mass is 16.5. The van der Waals surface area contributed by atoms with Crippen molar-refractivity contribution in [2.24, 2.45) is 0 Å². The third-order valence-electron chi connectivity index (χ3n) is 4.29. The van der Waals surface area contributed by atoms with Gasteiger partial charge in [-0.2, -0.15) is 0 Å². The second-order valence-corrected chi connectivity index (χ2v) is 6.10. The zero-order chi connectivity index (χ0) is 18.5. The van der Waals surface area contributed by atoms with Crippen LogP contribution in [0.1, 0.15) is 22.8 Å². The molecule has 1 heterocycles. The Morgan fingerprint density at radius 1 is 1.19 bits per heavy atom. The maximum Gasteiger partial charge on any atom is 0.322 e. The number of amides is 3. The van der Waals surface area contributed by atoms with E-state index in [0.29, 0.717) is 24.5 Å². The summed E-state index contributed by atoms with van der Waals surface area (Å²) in [4.78, 5) is 25.5. The molecule has 0 bridgehead atoms. The fourth-order valence-electron chi connectivity index (χ4n) is 3.05. The number of ether oxygens (including phenoxy) is 1. The zero-order valence-corrected chi connectivity index (χ0v) is 14.4. The number of carbonyl (C=O) groups is 2. The Kier molecular flexibility index (Phi) is 5.38. The maximum atomic E-state index is 12.5. The van der Waals surface area contributed by atoms with Crippen molar-refractivity contribution in [3.05, 3.63) is 59.7 Å². The average molecular weight is 355 g/mol. The van der Waals surface area contributed by atoms with Crippen molar-refractivity contribution in [3.8, 4) is 5.75 Å². The highest BCUT2D eigenvalue weighted by molar-refractivity contribution is 5.95. The zero-order valence-electron chi connectivity index (χ0n) is 14.4. The van der Waals surface area contributed by atoms with Gasteiger partial charge < -0.3 is 10.1 Å². The maximum absolute atomic E-state index is 12.5. The van der Waals surface area contributed by atoms with Gasteiger partial charge in [-0.15, -0.1) is 0 Å².